The molecule has 254 valence electrons. The lowest BCUT2D eigenvalue weighted by Crippen LogP contribution is -2.62. The van der Waals surface area contributed by atoms with Crippen molar-refractivity contribution in [1.82, 2.24) is 0 Å². The van der Waals surface area contributed by atoms with Crippen molar-refractivity contribution in [3.63, 3.8) is 0 Å². The molecule has 0 spiro atoms. The number of hydrogen-bond acceptors (Lipinski definition) is 12. The zero-order valence-electron chi connectivity index (χ0n) is 28.5. The summed E-state index contributed by atoms with van der Waals surface area (Å²) >= 11 is 0. The highest BCUT2D eigenvalue weighted by molar-refractivity contribution is 6.61. The molecule has 2 atom stereocenters. The number of hydrogen-bond donors (Lipinski definition) is 2. The predicted octanol–water partition coefficient (Wildman–Crippen LogP) is 2.92. The van der Waals surface area contributed by atoms with Crippen LogP contribution in [0.1, 0.15) is 58.3 Å². The van der Waals surface area contributed by atoms with E-state index in [1.54, 1.807) is 71.1 Å². The second kappa shape index (κ2) is 21.2. The van der Waals surface area contributed by atoms with Crippen LogP contribution < -0.4 is 11.5 Å². The minimum atomic E-state index is -2.78. The van der Waals surface area contributed by atoms with Gasteiger partial charge in [-0.05, 0) is 57.9 Å². The fourth-order valence-corrected chi connectivity index (χ4v) is 12.1. The van der Waals surface area contributed by atoms with Gasteiger partial charge in [-0.3, -0.25) is 0 Å². The summed E-state index contributed by atoms with van der Waals surface area (Å²) in [5, 5.41) is 0. The minimum Gasteiger partial charge on any atom is -0.427 e. The Hall–Kier alpha value is 0.388. The maximum Gasteiger partial charge on any atom is 0.500 e. The third-order valence-electron chi connectivity index (χ3n) is 9.15. The molecule has 0 fully saturated rings. The van der Waals surface area contributed by atoms with Crippen LogP contribution in [-0.4, -0.2) is 119 Å². The van der Waals surface area contributed by atoms with Crippen LogP contribution in [0.3, 0.4) is 0 Å². The van der Waals surface area contributed by atoms with Gasteiger partial charge in [-0.1, -0.05) is 6.42 Å². The van der Waals surface area contributed by atoms with Crippen molar-refractivity contribution in [2.24, 2.45) is 16.9 Å². The molecule has 16 heteroatoms. The zero-order chi connectivity index (χ0) is 32.3. The average Bonchev–Trinajstić information content (AvgIpc) is 3.01. The Morgan fingerprint density at radius 1 is 0.571 bits per heavy atom. The lowest BCUT2D eigenvalue weighted by atomic mass is 9.59. The first kappa shape index (κ1) is 42.4. The molecule has 4 N–H and O–H groups in total. The van der Waals surface area contributed by atoms with Crippen molar-refractivity contribution < 1.29 is 44.3 Å². The highest BCUT2D eigenvalue weighted by atomic mass is 28.4. The van der Waals surface area contributed by atoms with Gasteiger partial charge in [-0.15, -0.1) is 0 Å². The second-order valence-corrected chi connectivity index (χ2v) is 22.1. The van der Waals surface area contributed by atoms with Gasteiger partial charge < -0.3 is 55.7 Å². The van der Waals surface area contributed by atoms with Crippen molar-refractivity contribution in [3.05, 3.63) is 0 Å². The molecule has 0 heterocycles. The normalized spacial score (nSPS) is 15.9. The molecule has 0 aromatic rings. The number of rotatable bonds is 28. The molecule has 12 nitrogen and oxygen atoms in total. The van der Waals surface area contributed by atoms with E-state index in [1.165, 1.54) is 0 Å². The van der Waals surface area contributed by atoms with E-state index >= 15 is 0 Å². The maximum absolute atomic E-state index is 7.37. The summed E-state index contributed by atoms with van der Waals surface area (Å²) in [6.07, 6.45) is 6.53. The molecule has 0 aliphatic rings. The zero-order valence-corrected chi connectivity index (χ0v) is 32.9. The van der Waals surface area contributed by atoms with Gasteiger partial charge >= 0.3 is 26.4 Å². The van der Waals surface area contributed by atoms with Crippen molar-refractivity contribution in [2.45, 2.75) is 94.0 Å². The molecule has 0 saturated heterocycles. The molecular weight excluding hydrogens is 613 g/mol. The van der Waals surface area contributed by atoms with Gasteiger partial charge in [0.05, 0.1) is 0 Å². The first-order valence-electron chi connectivity index (χ1n) is 14.9. The van der Waals surface area contributed by atoms with Crippen molar-refractivity contribution in [2.75, 3.05) is 71.1 Å². The molecule has 0 rings (SSSR count). The van der Waals surface area contributed by atoms with Crippen LogP contribution in [0.15, 0.2) is 0 Å². The summed E-state index contributed by atoms with van der Waals surface area (Å²) in [5.74, 6) is 0. The molecule has 0 aliphatic heterocycles. The molecule has 42 heavy (non-hydrogen) atoms. The molecule has 0 radical (unpaired) electrons. The van der Waals surface area contributed by atoms with Crippen LogP contribution in [0.5, 0.6) is 0 Å². The highest BCUT2D eigenvalue weighted by Crippen LogP contribution is 2.47. The van der Waals surface area contributed by atoms with E-state index in [0.29, 0.717) is 18.1 Å². The third kappa shape index (κ3) is 12.0. The average molecular weight is 677 g/mol. The van der Waals surface area contributed by atoms with Gasteiger partial charge in [0, 0.05) is 106 Å². The van der Waals surface area contributed by atoms with E-state index in [4.69, 9.17) is 55.7 Å². The molecular formula is C26H64N2O10Si4. The number of nitrogens with two attached hydrogens (primary N) is 2. The highest BCUT2D eigenvalue weighted by Gasteiger charge is 2.50. The van der Waals surface area contributed by atoms with E-state index in [0.717, 1.165) is 57.4 Å². The van der Waals surface area contributed by atoms with Crippen LogP contribution >= 0.6 is 0 Å². The lowest BCUT2D eigenvalue weighted by molar-refractivity contribution is 0.0507. The summed E-state index contributed by atoms with van der Waals surface area (Å²) < 4.78 is 56.9. The van der Waals surface area contributed by atoms with E-state index in [1.807, 2.05) is 0 Å². The fourth-order valence-electron chi connectivity index (χ4n) is 6.20. The first-order valence-corrected chi connectivity index (χ1v) is 22.3. The Labute approximate surface area is 262 Å². The van der Waals surface area contributed by atoms with Gasteiger partial charge in [-0.25, -0.2) is 0 Å². The molecule has 0 saturated carbocycles. The third-order valence-corrected chi connectivity index (χ3v) is 18.8. The largest absolute Gasteiger partial charge is 0.500 e. The molecule has 0 aromatic carbocycles. The standard InChI is InChI=1S/C26H64N2O10Si4/c1-25(28,17-13-20-39-29-2)26(18-14-22-41(33-6,34-7)35-8,19-15-23-42(36-9,37-10)38-11)24(27)16-12-21-40(30-3,31-4)32-5/h24H,12-23,27-28,39H2,1-11H3. The SMILES string of the molecule is CO[SiH2]CCCC(C)(N)C(CCC[Si](OC)(OC)OC)(CCC[Si](OC)(OC)OC)C(N)CCC[Si](OC)(OC)OC. The predicted molar refractivity (Wildman–Crippen MR) is 175 cm³/mol. The van der Waals surface area contributed by atoms with E-state index < -0.39 is 47.1 Å². The summed E-state index contributed by atoms with van der Waals surface area (Å²) in [5.41, 5.74) is 13.7. The Balaban J connectivity index is 6.42. The van der Waals surface area contributed by atoms with Crippen LogP contribution in [0.4, 0.5) is 0 Å². The monoisotopic (exact) mass is 676 g/mol. The molecule has 0 bridgehead atoms. The van der Waals surface area contributed by atoms with Gasteiger partial charge in [0.15, 0.2) is 9.76 Å². The van der Waals surface area contributed by atoms with E-state index in [-0.39, 0.29) is 6.04 Å². The maximum atomic E-state index is 7.37. The summed E-state index contributed by atoms with van der Waals surface area (Å²) in [6, 6.07) is 2.87. The first-order chi connectivity index (χ1) is 19.9. The van der Waals surface area contributed by atoms with Gasteiger partial charge in [0.1, 0.15) is 0 Å². The Morgan fingerprint density at radius 3 is 1.26 bits per heavy atom. The molecule has 0 aliphatic carbocycles. The summed E-state index contributed by atoms with van der Waals surface area (Å²) in [6.45, 7) is 2.17. The van der Waals surface area contributed by atoms with E-state index in [9.17, 15) is 0 Å². The Kier molecular flexibility index (Phi) is 21.4. The lowest BCUT2D eigenvalue weighted by Gasteiger charge is -2.52. The van der Waals surface area contributed by atoms with Crippen molar-refractivity contribution in [1.29, 1.82) is 0 Å². The van der Waals surface area contributed by atoms with Crippen molar-refractivity contribution >= 4 is 36.2 Å². The molecule has 0 aromatic heterocycles. The molecule has 2 unspecified atom stereocenters. The minimum absolute atomic E-state index is 0.197. The van der Waals surface area contributed by atoms with Crippen LogP contribution in [-0.2, 0) is 44.3 Å². The van der Waals surface area contributed by atoms with Crippen LogP contribution in [0.2, 0.25) is 24.2 Å². The smallest absolute Gasteiger partial charge is 0.427 e. The fraction of sp³-hybridized carbons (Fsp3) is 1.00. The van der Waals surface area contributed by atoms with Crippen molar-refractivity contribution in [3.8, 4) is 0 Å². The van der Waals surface area contributed by atoms with Gasteiger partial charge in [0.2, 0.25) is 0 Å². The summed E-state index contributed by atoms with van der Waals surface area (Å²) in [7, 11) is 7.73. The summed E-state index contributed by atoms with van der Waals surface area (Å²) in [4.78, 5) is 0. The quantitative estimate of drug-likeness (QED) is 0.0929. The second-order valence-electron chi connectivity index (χ2n) is 11.1. The van der Waals surface area contributed by atoms with Crippen LogP contribution in [0.25, 0.3) is 0 Å². The van der Waals surface area contributed by atoms with E-state index in [2.05, 4.69) is 6.92 Å². The topological polar surface area (TPSA) is 144 Å². The molecule has 0 amide bonds. The van der Waals surface area contributed by atoms with Gasteiger partial charge in [0.25, 0.3) is 0 Å². The Bertz CT molecular complexity index is 637. The Morgan fingerprint density at radius 2 is 0.929 bits per heavy atom. The van der Waals surface area contributed by atoms with Gasteiger partial charge in [-0.2, -0.15) is 0 Å². The van der Waals surface area contributed by atoms with Crippen LogP contribution in [0, 0.1) is 5.41 Å².